The molecule has 2 aromatic rings. The topological polar surface area (TPSA) is 79.4 Å². The lowest BCUT2D eigenvalue weighted by molar-refractivity contribution is 0.0601. The molecule has 0 aliphatic heterocycles. The van der Waals surface area contributed by atoms with E-state index < -0.39 is 11.5 Å². The van der Waals surface area contributed by atoms with Crippen molar-refractivity contribution in [2.24, 2.45) is 0 Å². The highest BCUT2D eigenvalue weighted by molar-refractivity contribution is 5.91. The summed E-state index contributed by atoms with van der Waals surface area (Å²) < 4.78 is 4.66. The van der Waals surface area contributed by atoms with Crippen LogP contribution < -0.4 is 5.56 Å². The number of aryl methyl sites for hydroxylation is 2. The maximum atomic E-state index is 12.0. The first-order valence-corrected chi connectivity index (χ1v) is 6.06. The van der Waals surface area contributed by atoms with E-state index in [1.807, 2.05) is 0 Å². The number of esters is 1. The van der Waals surface area contributed by atoms with Gasteiger partial charge < -0.3 is 14.8 Å². The van der Waals surface area contributed by atoms with Crippen LogP contribution in [0.5, 0.6) is 5.75 Å². The number of benzene rings is 1. The van der Waals surface area contributed by atoms with Crippen LogP contribution in [-0.4, -0.2) is 23.2 Å². The lowest BCUT2D eigenvalue weighted by Crippen LogP contribution is -2.11. The SMILES string of the molecule is COC(=O)c1ccc(C)c(-c2c(O)cc(C)[nH]c2=O)c1. The van der Waals surface area contributed by atoms with Crippen molar-refractivity contribution in [3.8, 4) is 16.9 Å². The minimum Gasteiger partial charge on any atom is -0.507 e. The molecule has 0 saturated carbocycles. The van der Waals surface area contributed by atoms with Gasteiger partial charge in [0.05, 0.1) is 18.2 Å². The van der Waals surface area contributed by atoms with Crippen LogP contribution in [0.4, 0.5) is 0 Å². The maximum Gasteiger partial charge on any atom is 0.337 e. The Morgan fingerprint density at radius 1 is 1.25 bits per heavy atom. The van der Waals surface area contributed by atoms with Gasteiger partial charge >= 0.3 is 5.97 Å². The van der Waals surface area contributed by atoms with Gasteiger partial charge in [0, 0.05) is 5.69 Å². The Bertz CT molecular complexity index is 731. The van der Waals surface area contributed by atoms with Crippen LogP contribution in [0.3, 0.4) is 0 Å². The van der Waals surface area contributed by atoms with Crippen molar-refractivity contribution in [1.29, 1.82) is 0 Å². The van der Waals surface area contributed by atoms with Crippen molar-refractivity contribution in [3.63, 3.8) is 0 Å². The van der Waals surface area contributed by atoms with E-state index >= 15 is 0 Å². The van der Waals surface area contributed by atoms with Crippen LogP contribution in [0.2, 0.25) is 0 Å². The minimum atomic E-state index is -0.491. The zero-order valence-electron chi connectivity index (χ0n) is 11.5. The Kier molecular flexibility index (Phi) is 3.61. The number of aromatic hydroxyl groups is 1. The largest absolute Gasteiger partial charge is 0.507 e. The molecule has 0 aliphatic rings. The molecule has 0 amide bonds. The van der Waals surface area contributed by atoms with Crippen molar-refractivity contribution in [3.05, 3.63) is 51.4 Å². The third-order valence-corrected chi connectivity index (χ3v) is 3.08. The molecule has 1 aromatic carbocycles. The first-order chi connectivity index (χ1) is 9.43. The van der Waals surface area contributed by atoms with Gasteiger partial charge in [-0.3, -0.25) is 4.79 Å². The predicted molar refractivity (Wildman–Crippen MR) is 75.0 cm³/mol. The number of ether oxygens (including phenoxy) is 1. The van der Waals surface area contributed by atoms with E-state index in [-0.39, 0.29) is 11.3 Å². The van der Waals surface area contributed by atoms with Gasteiger partial charge in [0.25, 0.3) is 5.56 Å². The Labute approximate surface area is 115 Å². The van der Waals surface area contributed by atoms with Crippen LogP contribution in [0.25, 0.3) is 11.1 Å². The summed E-state index contributed by atoms with van der Waals surface area (Å²) in [6, 6.07) is 6.34. The number of carbonyl (C=O) groups is 1. The summed E-state index contributed by atoms with van der Waals surface area (Å²) in [6.07, 6.45) is 0. The molecule has 5 heteroatoms. The Morgan fingerprint density at radius 3 is 2.55 bits per heavy atom. The smallest absolute Gasteiger partial charge is 0.337 e. The highest BCUT2D eigenvalue weighted by atomic mass is 16.5. The van der Waals surface area contributed by atoms with E-state index in [9.17, 15) is 14.7 Å². The zero-order valence-corrected chi connectivity index (χ0v) is 11.5. The second-order valence-electron chi connectivity index (χ2n) is 4.56. The van der Waals surface area contributed by atoms with Gasteiger partial charge in [-0.2, -0.15) is 0 Å². The second-order valence-corrected chi connectivity index (χ2v) is 4.56. The molecular weight excluding hydrogens is 258 g/mol. The third kappa shape index (κ3) is 2.42. The van der Waals surface area contributed by atoms with Crippen LogP contribution in [-0.2, 0) is 4.74 Å². The van der Waals surface area contributed by atoms with Gasteiger partial charge in [-0.1, -0.05) is 6.07 Å². The number of aromatic nitrogens is 1. The number of hydrogen-bond donors (Lipinski definition) is 2. The van der Waals surface area contributed by atoms with Crippen LogP contribution in [0.15, 0.2) is 29.1 Å². The number of aromatic amines is 1. The summed E-state index contributed by atoms with van der Waals surface area (Å²) in [5.74, 6) is -0.606. The highest BCUT2D eigenvalue weighted by Crippen LogP contribution is 2.29. The molecule has 0 bridgehead atoms. The van der Waals surface area contributed by atoms with Crippen molar-refractivity contribution in [2.75, 3.05) is 7.11 Å². The van der Waals surface area contributed by atoms with Gasteiger partial charge in [-0.05, 0) is 43.2 Å². The van der Waals surface area contributed by atoms with Crippen molar-refractivity contribution < 1.29 is 14.6 Å². The summed E-state index contributed by atoms with van der Waals surface area (Å²) in [5, 5.41) is 10.0. The molecule has 1 aromatic heterocycles. The van der Waals surface area contributed by atoms with Crippen LogP contribution in [0.1, 0.15) is 21.6 Å². The number of pyridine rings is 1. The Morgan fingerprint density at radius 2 is 1.95 bits per heavy atom. The number of nitrogens with one attached hydrogen (secondary N) is 1. The van der Waals surface area contributed by atoms with E-state index in [0.717, 1.165) is 5.56 Å². The molecule has 0 saturated heterocycles. The maximum absolute atomic E-state index is 12.0. The Balaban J connectivity index is 2.70. The fourth-order valence-corrected chi connectivity index (χ4v) is 2.07. The fourth-order valence-electron chi connectivity index (χ4n) is 2.07. The van der Waals surface area contributed by atoms with Crippen molar-refractivity contribution in [1.82, 2.24) is 4.98 Å². The molecule has 2 N–H and O–H groups in total. The lowest BCUT2D eigenvalue weighted by Gasteiger charge is -2.10. The van der Waals surface area contributed by atoms with E-state index in [0.29, 0.717) is 16.8 Å². The molecule has 2 rings (SSSR count). The van der Waals surface area contributed by atoms with E-state index in [2.05, 4.69) is 9.72 Å². The first kappa shape index (κ1) is 13.9. The lowest BCUT2D eigenvalue weighted by atomic mass is 9.98. The predicted octanol–water partition coefficient (Wildman–Crippen LogP) is 2.15. The van der Waals surface area contributed by atoms with Gasteiger partial charge in [0.15, 0.2) is 0 Å². The summed E-state index contributed by atoms with van der Waals surface area (Å²) >= 11 is 0. The molecule has 0 spiro atoms. The zero-order chi connectivity index (χ0) is 14.9. The van der Waals surface area contributed by atoms with E-state index in [4.69, 9.17) is 0 Å². The standard InChI is InChI=1S/C15H15NO4/c1-8-4-5-10(15(19)20-3)7-11(8)13-12(17)6-9(2)16-14(13)18/h4-7H,1-3H3,(H2,16,17,18). The molecule has 1 heterocycles. The van der Waals surface area contributed by atoms with Gasteiger partial charge in [-0.25, -0.2) is 4.79 Å². The second kappa shape index (κ2) is 5.21. The summed E-state index contributed by atoms with van der Waals surface area (Å²) in [7, 11) is 1.29. The van der Waals surface area contributed by atoms with Gasteiger partial charge in [0.1, 0.15) is 5.75 Å². The molecule has 0 atom stereocenters. The number of rotatable bonds is 2. The third-order valence-electron chi connectivity index (χ3n) is 3.08. The average Bonchev–Trinajstić information content (AvgIpc) is 2.38. The minimum absolute atomic E-state index is 0.114. The normalized spacial score (nSPS) is 10.3. The summed E-state index contributed by atoms with van der Waals surface area (Å²) in [4.78, 5) is 26.2. The van der Waals surface area contributed by atoms with Crippen LogP contribution in [0, 0.1) is 13.8 Å². The first-order valence-electron chi connectivity index (χ1n) is 6.06. The number of H-pyrrole nitrogens is 1. The quantitative estimate of drug-likeness (QED) is 0.822. The molecule has 0 aliphatic carbocycles. The average molecular weight is 273 g/mol. The summed E-state index contributed by atoms with van der Waals surface area (Å²) in [6.45, 7) is 3.48. The fraction of sp³-hybridized carbons (Fsp3) is 0.200. The van der Waals surface area contributed by atoms with Crippen molar-refractivity contribution >= 4 is 5.97 Å². The van der Waals surface area contributed by atoms with E-state index in [1.165, 1.54) is 13.2 Å². The Hall–Kier alpha value is -2.56. The molecule has 5 nitrogen and oxygen atoms in total. The van der Waals surface area contributed by atoms with E-state index in [1.54, 1.807) is 32.0 Å². The van der Waals surface area contributed by atoms with Crippen LogP contribution >= 0.6 is 0 Å². The molecule has 0 radical (unpaired) electrons. The highest BCUT2D eigenvalue weighted by Gasteiger charge is 2.15. The number of carbonyl (C=O) groups excluding carboxylic acids is 1. The molecule has 104 valence electrons. The summed E-state index contributed by atoms with van der Waals surface area (Å²) in [5.41, 5.74) is 1.94. The van der Waals surface area contributed by atoms with Crippen molar-refractivity contribution in [2.45, 2.75) is 13.8 Å². The molecule has 0 fully saturated rings. The van der Waals surface area contributed by atoms with Gasteiger partial charge in [0.2, 0.25) is 0 Å². The number of hydrogen-bond acceptors (Lipinski definition) is 4. The van der Waals surface area contributed by atoms with Gasteiger partial charge in [-0.15, -0.1) is 0 Å². The molecule has 0 unspecified atom stereocenters. The molecule has 20 heavy (non-hydrogen) atoms. The number of methoxy groups -OCH3 is 1. The molecular formula is C15H15NO4. The monoisotopic (exact) mass is 273 g/mol.